The molecule has 5 nitrogen and oxygen atoms in total. The molecule has 1 heterocycles. The molecule has 0 bridgehead atoms. The molecule has 1 saturated heterocycles. The first kappa shape index (κ1) is 20.6. The van der Waals surface area contributed by atoms with Crippen LogP contribution in [0.25, 0.3) is 6.08 Å². The maximum atomic E-state index is 13.2. The maximum absolute atomic E-state index is 13.2. The van der Waals surface area contributed by atoms with Gasteiger partial charge in [-0.15, -0.1) is 0 Å². The third-order valence-corrected chi connectivity index (χ3v) is 5.79. The summed E-state index contributed by atoms with van der Waals surface area (Å²) < 4.78 is 0. The van der Waals surface area contributed by atoms with Crippen LogP contribution in [0.4, 0.5) is 5.69 Å². The highest BCUT2D eigenvalue weighted by molar-refractivity contribution is 8.18. The molecule has 0 aliphatic carbocycles. The Hall–Kier alpha value is -3.64. The van der Waals surface area contributed by atoms with Crippen LogP contribution >= 0.6 is 11.8 Å². The fourth-order valence-electron chi connectivity index (χ4n) is 3.10. The van der Waals surface area contributed by atoms with Crippen LogP contribution in [0, 0.1) is 6.92 Å². The van der Waals surface area contributed by atoms with Crippen molar-refractivity contribution in [2.75, 3.05) is 0 Å². The minimum absolute atomic E-state index is 0.123. The van der Waals surface area contributed by atoms with E-state index in [0.29, 0.717) is 16.6 Å². The first-order valence-electron chi connectivity index (χ1n) is 9.74. The van der Waals surface area contributed by atoms with Gasteiger partial charge in [-0.1, -0.05) is 60.2 Å². The minimum Gasteiger partial charge on any atom is -0.478 e. The van der Waals surface area contributed by atoms with Gasteiger partial charge in [0.05, 0.1) is 22.7 Å². The van der Waals surface area contributed by atoms with Gasteiger partial charge in [0, 0.05) is 0 Å². The number of nitrogens with zero attached hydrogens (tertiary/aromatic N) is 2. The smallest absolute Gasteiger partial charge is 0.335 e. The van der Waals surface area contributed by atoms with Gasteiger partial charge in [-0.05, 0) is 60.2 Å². The van der Waals surface area contributed by atoms with E-state index in [1.165, 1.54) is 23.9 Å². The summed E-state index contributed by atoms with van der Waals surface area (Å²) >= 11 is 1.32. The van der Waals surface area contributed by atoms with Crippen LogP contribution < -0.4 is 0 Å². The molecule has 1 N–H and O–H groups in total. The zero-order chi connectivity index (χ0) is 21.8. The van der Waals surface area contributed by atoms with Gasteiger partial charge in [-0.25, -0.2) is 9.79 Å². The van der Waals surface area contributed by atoms with Gasteiger partial charge in [0.2, 0.25) is 0 Å². The maximum Gasteiger partial charge on any atom is 0.335 e. The molecule has 0 unspecified atom stereocenters. The van der Waals surface area contributed by atoms with Gasteiger partial charge < -0.3 is 5.11 Å². The summed E-state index contributed by atoms with van der Waals surface area (Å²) in [6, 6.07) is 24.1. The fraction of sp³-hybridized carbons (Fsp3) is 0.0800. The second kappa shape index (κ2) is 9.02. The van der Waals surface area contributed by atoms with E-state index in [4.69, 9.17) is 10.1 Å². The van der Waals surface area contributed by atoms with Gasteiger partial charge in [-0.3, -0.25) is 9.69 Å². The van der Waals surface area contributed by atoms with Crippen LogP contribution in [0.2, 0.25) is 0 Å². The van der Waals surface area contributed by atoms with Crippen molar-refractivity contribution in [3.63, 3.8) is 0 Å². The third-order valence-electron chi connectivity index (χ3n) is 4.79. The van der Waals surface area contributed by atoms with Crippen molar-refractivity contribution >= 4 is 40.6 Å². The topological polar surface area (TPSA) is 70.0 Å². The Morgan fingerprint density at radius 2 is 1.68 bits per heavy atom. The number of rotatable bonds is 5. The number of carbonyl (C=O) groups is 2. The van der Waals surface area contributed by atoms with Crippen LogP contribution in [0.15, 0.2) is 88.8 Å². The van der Waals surface area contributed by atoms with E-state index in [1.54, 1.807) is 23.1 Å². The Labute approximate surface area is 184 Å². The molecule has 1 fully saturated rings. The molecule has 154 valence electrons. The van der Waals surface area contributed by atoms with Crippen LogP contribution in [0.3, 0.4) is 0 Å². The average Bonchev–Trinajstić information content (AvgIpc) is 3.05. The second-order valence-corrected chi connectivity index (χ2v) is 8.15. The van der Waals surface area contributed by atoms with Gasteiger partial charge in [0.1, 0.15) is 0 Å². The molecule has 3 aromatic carbocycles. The molecule has 0 saturated carbocycles. The van der Waals surface area contributed by atoms with Crippen molar-refractivity contribution in [1.29, 1.82) is 0 Å². The molecule has 1 aliphatic heterocycles. The summed E-state index contributed by atoms with van der Waals surface area (Å²) in [5, 5.41) is 9.69. The molecular weight excluding hydrogens is 408 g/mol. The van der Waals surface area contributed by atoms with Crippen LogP contribution in [-0.4, -0.2) is 27.1 Å². The van der Waals surface area contributed by atoms with Crippen molar-refractivity contribution in [3.8, 4) is 0 Å². The van der Waals surface area contributed by atoms with E-state index in [9.17, 15) is 9.59 Å². The molecule has 0 spiro atoms. The lowest BCUT2D eigenvalue weighted by molar-refractivity contribution is -0.122. The molecule has 1 aliphatic rings. The number of aryl methyl sites for hydroxylation is 1. The average molecular weight is 429 g/mol. The number of benzene rings is 3. The van der Waals surface area contributed by atoms with Crippen LogP contribution in [0.1, 0.15) is 27.0 Å². The van der Waals surface area contributed by atoms with E-state index in [1.807, 2.05) is 61.5 Å². The van der Waals surface area contributed by atoms with E-state index in [-0.39, 0.29) is 11.5 Å². The van der Waals surface area contributed by atoms with Crippen molar-refractivity contribution < 1.29 is 14.7 Å². The highest BCUT2D eigenvalue weighted by Crippen LogP contribution is 2.35. The van der Waals surface area contributed by atoms with E-state index in [2.05, 4.69) is 0 Å². The van der Waals surface area contributed by atoms with Gasteiger partial charge in [0.25, 0.3) is 5.91 Å². The SMILES string of the molecule is Cc1ccc(N=C2S/C(=C/c3ccc(C(=O)O)cc3)C(=O)N2Cc2ccccc2)cc1. The monoisotopic (exact) mass is 428 g/mol. The number of carbonyl (C=O) groups excluding carboxylic acids is 1. The Balaban J connectivity index is 1.67. The van der Waals surface area contributed by atoms with Crippen molar-refractivity contribution in [1.82, 2.24) is 4.90 Å². The standard InChI is InChI=1S/C25H20N2O3S/c1-17-7-13-21(14-8-17)26-25-27(16-19-5-3-2-4-6-19)23(28)22(31-25)15-18-9-11-20(12-10-18)24(29)30/h2-15H,16H2,1H3,(H,29,30)/b22-15+,26-25?. The number of hydrogen-bond donors (Lipinski definition) is 1. The minimum atomic E-state index is -0.980. The number of aliphatic imine (C=N–C) groups is 1. The summed E-state index contributed by atoms with van der Waals surface area (Å²) in [6.07, 6.45) is 1.77. The van der Waals surface area contributed by atoms with Gasteiger partial charge in [0.15, 0.2) is 5.17 Å². The molecule has 4 rings (SSSR count). The van der Waals surface area contributed by atoms with E-state index < -0.39 is 5.97 Å². The molecule has 1 amide bonds. The molecule has 0 radical (unpaired) electrons. The zero-order valence-corrected chi connectivity index (χ0v) is 17.7. The Kier molecular flexibility index (Phi) is 6.00. The number of aromatic carboxylic acids is 1. The largest absolute Gasteiger partial charge is 0.478 e. The summed E-state index contributed by atoms with van der Waals surface area (Å²) in [7, 11) is 0. The van der Waals surface area contributed by atoms with Crippen molar-refractivity contribution in [2.24, 2.45) is 4.99 Å². The lowest BCUT2D eigenvalue weighted by Gasteiger charge is -2.15. The van der Waals surface area contributed by atoms with Crippen molar-refractivity contribution in [3.05, 3.63) is 106 Å². The third kappa shape index (κ3) is 4.92. The number of carboxylic acid groups (broad SMARTS) is 1. The normalized spacial score (nSPS) is 16.3. The molecule has 0 atom stereocenters. The fourth-order valence-corrected chi connectivity index (χ4v) is 4.10. The molecule has 31 heavy (non-hydrogen) atoms. The number of amidine groups is 1. The molecular formula is C25H20N2O3S. The zero-order valence-electron chi connectivity index (χ0n) is 16.9. The summed E-state index contributed by atoms with van der Waals surface area (Å²) in [4.78, 5) is 31.2. The summed E-state index contributed by atoms with van der Waals surface area (Å²) in [6.45, 7) is 2.44. The highest BCUT2D eigenvalue weighted by Gasteiger charge is 2.33. The molecule has 3 aromatic rings. The van der Waals surface area contributed by atoms with Crippen LogP contribution in [0.5, 0.6) is 0 Å². The quantitative estimate of drug-likeness (QED) is 0.545. The predicted molar refractivity (Wildman–Crippen MR) is 124 cm³/mol. The number of hydrogen-bond acceptors (Lipinski definition) is 4. The number of thioether (sulfide) groups is 1. The first-order chi connectivity index (χ1) is 15.0. The Morgan fingerprint density at radius 1 is 1.00 bits per heavy atom. The molecule has 6 heteroatoms. The number of amides is 1. The summed E-state index contributed by atoms with van der Waals surface area (Å²) in [5.74, 6) is -1.10. The number of carboxylic acids is 1. The Morgan fingerprint density at radius 3 is 2.32 bits per heavy atom. The highest BCUT2D eigenvalue weighted by atomic mass is 32.2. The van der Waals surface area contributed by atoms with E-state index in [0.717, 1.165) is 22.4 Å². The first-order valence-corrected chi connectivity index (χ1v) is 10.6. The van der Waals surface area contributed by atoms with Gasteiger partial charge in [-0.2, -0.15) is 0 Å². The van der Waals surface area contributed by atoms with Crippen LogP contribution in [-0.2, 0) is 11.3 Å². The summed E-state index contributed by atoms with van der Waals surface area (Å²) in [5.41, 5.74) is 3.91. The second-order valence-electron chi connectivity index (χ2n) is 7.14. The van der Waals surface area contributed by atoms with E-state index >= 15 is 0 Å². The Bertz CT molecular complexity index is 1170. The van der Waals surface area contributed by atoms with Gasteiger partial charge >= 0.3 is 5.97 Å². The lowest BCUT2D eigenvalue weighted by Crippen LogP contribution is -2.28. The lowest BCUT2D eigenvalue weighted by atomic mass is 10.1. The predicted octanol–water partition coefficient (Wildman–Crippen LogP) is 5.50. The molecule has 0 aromatic heterocycles. The van der Waals surface area contributed by atoms with Crippen molar-refractivity contribution in [2.45, 2.75) is 13.5 Å².